The van der Waals surface area contributed by atoms with Crippen LogP contribution in [0.2, 0.25) is 0 Å². The number of benzene rings is 3. The SMILES string of the molecule is COc1cccc(CN(C(=O)CSCc2cc(C)cc(C)c2)C(Cc2ccccc2)C(=O)NC(C)C)c1. The summed E-state index contributed by atoms with van der Waals surface area (Å²) < 4.78 is 5.40. The van der Waals surface area contributed by atoms with Gasteiger partial charge in [0, 0.05) is 24.8 Å². The summed E-state index contributed by atoms with van der Waals surface area (Å²) in [5.41, 5.74) is 5.57. The van der Waals surface area contributed by atoms with E-state index < -0.39 is 6.04 Å². The number of amides is 2. The number of hydrogen-bond acceptors (Lipinski definition) is 4. The Balaban J connectivity index is 1.87. The molecule has 6 heteroatoms. The second kappa shape index (κ2) is 13.9. The number of thioether (sulfide) groups is 1. The standard InChI is InChI=1S/C31H38N2O3S/c1-22(2)32-31(35)29(18-25-10-7-6-8-11-25)33(19-26-12-9-13-28(17-26)36-5)30(34)21-37-20-27-15-23(3)14-24(4)16-27/h6-17,22,29H,18-21H2,1-5H3,(H,32,35). The number of aryl methyl sites for hydroxylation is 2. The number of methoxy groups -OCH3 is 1. The normalized spacial score (nSPS) is 11.7. The summed E-state index contributed by atoms with van der Waals surface area (Å²) in [6, 6.07) is 23.3. The van der Waals surface area contributed by atoms with Gasteiger partial charge in [-0.15, -0.1) is 11.8 Å². The third-order valence-electron chi connectivity index (χ3n) is 5.96. The topological polar surface area (TPSA) is 58.6 Å². The van der Waals surface area contributed by atoms with E-state index in [2.05, 4.69) is 37.4 Å². The van der Waals surface area contributed by atoms with Gasteiger partial charge in [0.2, 0.25) is 11.8 Å². The van der Waals surface area contributed by atoms with Crippen molar-refractivity contribution >= 4 is 23.6 Å². The van der Waals surface area contributed by atoms with Gasteiger partial charge < -0.3 is 15.0 Å². The number of carbonyl (C=O) groups is 2. The smallest absolute Gasteiger partial charge is 0.243 e. The van der Waals surface area contributed by atoms with Crippen LogP contribution in [0.1, 0.15) is 41.7 Å². The van der Waals surface area contributed by atoms with Crippen molar-refractivity contribution in [1.29, 1.82) is 0 Å². The molecule has 3 aromatic rings. The summed E-state index contributed by atoms with van der Waals surface area (Å²) >= 11 is 1.58. The predicted octanol–water partition coefficient (Wildman–Crippen LogP) is 5.71. The van der Waals surface area contributed by atoms with Gasteiger partial charge in [-0.25, -0.2) is 0 Å². The minimum atomic E-state index is -0.634. The fourth-order valence-corrected chi connectivity index (χ4v) is 5.24. The molecule has 1 N–H and O–H groups in total. The molecule has 0 saturated heterocycles. The molecule has 0 spiro atoms. The first-order valence-corrected chi connectivity index (χ1v) is 13.8. The van der Waals surface area contributed by atoms with Gasteiger partial charge in [0.15, 0.2) is 0 Å². The molecule has 0 saturated carbocycles. The quantitative estimate of drug-likeness (QED) is 0.334. The van der Waals surface area contributed by atoms with Crippen LogP contribution in [-0.2, 0) is 28.3 Å². The number of carbonyl (C=O) groups excluding carboxylic acids is 2. The van der Waals surface area contributed by atoms with Crippen LogP contribution in [-0.4, -0.2) is 41.7 Å². The lowest BCUT2D eigenvalue weighted by Crippen LogP contribution is -2.52. The predicted molar refractivity (Wildman–Crippen MR) is 153 cm³/mol. The van der Waals surface area contributed by atoms with Crippen molar-refractivity contribution in [2.45, 2.75) is 58.5 Å². The van der Waals surface area contributed by atoms with Gasteiger partial charge in [-0.1, -0.05) is 71.8 Å². The fourth-order valence-electron chi connectivity index (χ4n) is 4.39. The van der Waals surface area contributed by atoms with E-state index in [1.807, 2.05) is 68.4 Å². The zero-order chi connectivity index (χ0) is 26.8. The van der Waals surface area contributed by atoms with Crippen molar-refractivity contribution in [2.24, 2.45) is 0 Å². The average Bonchev–Trinajstić information content (AvgIpc) is 2.85. The second-order valence-electron chi connectivity index (χ2n) is 9.73. The molecule has 0 bridgehead atoms. The molecular formula is C31H38N2O3S. The number of rotatable bonds is 12. The fraction of sp³-hybridized carbons (Fsp3) is 0.355. The van der Waals surface area contributed by atoms with Crippen LogP contribution in [0.4, 0.5) is 0 Å². The molecule has 5 nitrogen and oxygen atoms in total. The van der Waals surface area contributed by atoms with E-state index in [4.69, 9.17) is 4.74 Å². The Hall–Kier alpha value is -3.25. The van der Waals surface area contributed by atoms with Crippen molar-refractivity contribution in [2.75, 3.05) is 12.9 Å². The largest absolute Gasteiger partial charge is 0.497 e. The van der Waals surface area contributed by atoms with Crippen molar-refractivity contribution in [1.82, 2.24) is 10.2 Å². The van der Waals surface area contributed by atoms with Gasteiger partial charge in [0.1, 0.15) is 11.8 Å². The van der Waals surface area contributed by atoms with Crippen LogP contribution in [0.5, 0.6) is 5.75 Å². The molecule has 0 fully saturated rings. The monoisotopic (exact) mass is 518 g/mol. The minimum absolute atomic E-state index is 0.0292. The van der Waals surface area contributed by atoms with Crippen LogP contribution in [0.15, 0.2) is 72.8 Å². The third-order valence-corrected chi connectivity index (χ3v) is 6.95. The zero-order valence-corrected chi connectivity index (χ0v) is 23.3. The van der Waals surface area contributed by atoms with Gasteiger partial charge in [-0.05, 0) is 56.5 Å². The summed E-state index contributed by atoms with van der Waals surface area (Å²) in [6.07, 6.45) is 0.441. The van der Waals surface area contributed by atoms with E-state index in [1.54, 1.807) is 23.8 Å². The van der Waals surface area contributed by atoms with Gasteiger partial charge in [0.25, 0.3) is 0 Å². The molecule has 1 unspecified atom stereocenters. The van der Waals surface area contributed by atoms with Crippen molar-refractivity contribution in [3.8, 4) is 5.75 Å². The molecule has 37 heavy (non-hydrogen) atoms. The summed E-state index contributed by atoms with van der Waals surface area (Å²) in [5, 5.41) is 3.04. The number of hydrogen-bond donors (Lipinski definition) is 1. The van der Waals surface area contributed by atoms with E-state index in [0.29, 0.717) is 13.0 Å². The third kappa shape index (κ3) is 8.97. The van der Waals surface area contributed by atoms with E-state index in [1.165, 1.54) is 16.7 Å². The zero-order valence-electron chi connectivity index (χ0n) is 22.5. The van der Waals surface area contributed by atoms with Crippen LogP contribution < -0.4 is 10.1 Å². The van der Waals surface area contributed by atoms with Gasteiger partial charge in [-0.3, -0.25) is 9.59 Å². The lowest BCUT2D eigenvalue weighted by Gasteiger charge is -2.32. The molecule has 0 aliphatic carbocycles. The molecule has 2 amide bonds. The summed E-state index contributed by atoms with van der Waals surface area (Å²) in [5.74, 6) is 1.55. The van der Waals surface area contributed by atoms with E-state index in [-0.39, 0.29) is 23.6 Å². The molecule has 0 radical (unpaired) electrons. The summed E-state index contributed by atoms with van der Waals surface area (Å²) in [4.78, 5) is 28.9. The Kier molecular flexibility index (Phi) is 10.6. The molecule has 3 aromatic carbocycles. The lowest BCUT2D eigenvalue weighted by atomic mass is 10.0. The van der Waals surface area contributed by atoms with Crippen LogP contribution in [0.25, 0.3) is 0 Å². The van der Waals surface area contributed by atoms with Gasteiger partial charge >= 0.3 is 0 Å². The molecule has 1 atom stereocenters. The van der Waals surface area contributed by atoms with E-state index in [0.717, 1.165) is 22.6 Å². The maximum atomic E-state index is 13.7. The molecule has 3 rings (SSSR count). The first kappa shape index (κ1) is 28.3. The first-order chi connectivity index (χ1) is 17.7. The molecule has 196 valence electrons. The summed E-state index contributed by atoms with van der Waals surface area (Å²) in [6.45, 7) is 8.37. The lowest BCUT2D eigenvalue weighted by molar-refractivity contribution is -0.139. The molecule has 0 aliphatic rings. The Morgan fingerprint density at radius 2 is 1.57 bits per heavy atom. The highest BCUT2D eigenvalue weighted by Crippen LogP contribution is 2.21. The number of nitrogens with zero attached hydrogens (tertiary/aromatic N) is 1. The Bertz CT molecular complexity index is 1160. The van der Waals surface area contributed by atoms with Gasteiger partial charge in [-0.2, -0.15) is 0 Å². The Morgan fingerprint density at radius 3 is 2.22 bits per heavy atom. The number of nitrogens with one attached hydrogen (secondary N) is 1. The average molecular weight is 519 g/mol. The number of ether oxygens (including phenoxy) is 1. The van der Waals surface area contributed by atoms with Crippen LogP contribution >= 0.6 is 11.8 Å². The van der Waals surface area contributed by atoms with Crippen LogP contribution in [0, 0.1) is 13.8 Å². The van der Waals surface area contributed by atoms with Crippen LogP contribution in [0.3, 0.4) is 0 Å². The second-order valence-corrected chi connectivity index (χ2v) is 10.7. The van der Waals surface area contributed by atoms with Crippen molar-refractivity contribution in [3.05, 3.63) is 101 Å². The Labute approximate surface area is 225 Å². The molecule has 0 aromatic heterocycles. The van der Waals surface area contributed by atoms with Gasteiger partial charge in [0.05, 0.1) is 12.9 Å². The molecule has 0 heterocycles. The highest BCUT2D eigenvalue weighted by Gasteiger charge is 2.30. The maximum absolute atomic E-state index is 13.7. The summed E-state index contributed by atoms with van der Waals surface area (Å²) in [7, 11) is 1.62. The minimum Gasteiger partial charge on any atom is -0.497 e. The Morgan fingerprint density at radius 1 is 0.892 bits per heavy atom. The van der Waals surface area contributed by atoms with E-state index in [9.17, 15) is 9.59 Å². The van der Waals surface area contributed by atoms with Crippen molar-refractivity contribution in [3.63, 3.8) is 0 Å². The maximum Gasteiger partial charge on any atom is 0.243 e. The van der Waals surface area contributed by atoms with E-state index >= 15 is 0 Å². The highest BCUT2D eigenvalue weighted by molar-refractivity contribution is 7.99. The highest BCUT2D eigenvalue weighted by atomic mass is 32.2. The molecular weight excluding hydrogens is 480 g/mol. The van der Waals surface area contributed by atoms with Crippen molar-refractivity contribution < 1.29 is 14.3 Å². The first-order valence-electron chi connectivity index (χ1n) is 12.7. The molecule has 0 aliphatic heterocycles.